The molecule has 9 heteroatoms. The number of nitrogens with zero attached hydrogens (tertiary/aromatic N) is 3. The van der Waals surface area contributed by atoms with Crippen molar-refractivity contribution in [3.05, 3.63) is 77.3 Å². The number of hydrogen-bond donors (Lipinski definition) is 1. The van der Waals surface area contributed by atoms with Gasteiger partial charge in [-0.2, -0.15) is 0 Å². The van der Waals surface area contributed by atoms with Gasteiger partial charge in [-0.15, -0.1) is 0 Å². The first-order chi connectivity index (χ1) is 13.3. The molecule has 0 saturated carbocycles. The summed E-state index contributed by atoms with van der Waals surface area (Å²) in [7, 11) is -3.59. The van der Waals surface area contributed by atoms with Crippen molar-refractivity contribution in [3.63, 3.8) is 0 Å². The molecule has 0 atom stereocenters. The van der Waals surface area contributed by atoms with Gasteiger partial charge < -0.3 is 9.88 Å². The number of amides is 1. The molecule has 0 saturated heterocycles. The zero-order valence-corrected chi connectivity index (χ0v) is 17.5. The second kappa shape index (κ2) is 8.57. The Morgan fingerprint density at radius 2 is 1.82 bits per heavy atom. The Morgan fingerprint density at radius 1 is 1.14 bits per heavy atom. The van der Waals surface area contributed by atoms with Crippen LogP contribution in [-0.4, -0.2) is 36.7 Å². The first-order valence-electron chi connectivity index (χ1n) is 8.40. The fourth-order valence-corrected chi connectivity index (χ4v) is 3.71. The number of carbonyl (C=O) groups excluding carboxylic acids is 1. The molecular formula is C19H19BrN4O3S. The molecule has 0 aliphatic rings. The second-order valence-corrected chi connectivity index (χ2v) is 8.98. The first kappa shape index (κ1) is 20.1. The third kappa shape index (κ3) is 5.20. The molecule has 3 rings (SSSR count). The van der Waals surface area contributed by atoms with Crippen LogP contribution in [0.3, 0.4) is 0 Å². The van der Waals surface area contributed by atoms with Gasteiger partial charge in [0.2, 0.25) is 15.9 Å². The topological polar surface area (TPSA) is 84.3 Å². The third-order valence-corrected chi connectivity index (χ3v) is 5.70. The molecule has 1 aromatic heterocycles. The molecule has 28 heavy (non-hydrogen) atoms. The molecule has 146 valence electrons. The SMILES string of the molecule is CS(=O)(=O)N(CC(=O)NCc1ccc(-n2ccnc2)cc1)c1ccc(Br)cc1. The normalized spacial score (nSPS) is 11.2. The van der Waals surface area contributed by atoms with E-state index in [2.05, 4.69) is 26.2 Å². The number of hydrogen-bond acceptors (Lipinski definition) is 4. The summed E-state index contributed by atoms with van der Waals surface area (Å²) in [5, 5.41) is 2.76. The Labute approximate surface area is 172 Å². The van der Waals surface area contributed by atoms with Crippen LogP contribution in [0.25, 0.3) is 5.69 Å². The van der Waals surface area contributed by atoms with Gasteiger partial charge in [0.1, 0.15) is 6.54 Å². The van der Waals surface area contributed by atoms with Crippen LogP contribution in [0.2, 0.25) is 0 Å². The number of benzene rings is 2. The minimum absolute atomic E-state index is 0.284. The number of aromatic nitrogens is 2. The fourth-order valence-electron chi connectivity index (χ4n) is 2.59. The van der Waals surface area contributed by atoms with Crippen LogP contribution in [0.15, 0.2) is 71.7 Å². The van der Waals surface area contributed by atoms with Crippen molar-refractivity contribution in [2.75, 3.05) is 17.1 Å². The van der Waals surface area contributed by atoms with Gasteiger partial charge >= 0.3 is 0 Å². The lowest BCUT2D eigenvalue weighted by atomic mass is 10.2. The maximum absolute atomic E-state index is 12.3. The quantitative estimate of drug-likeness (QED) is 0.584. The third-order valence-electron chi connectivity index (χ3n) is 4.03. The van der Waals surface area contributed by atoms with Crippen molar-refractivity contribution in [1.29, 1.82) is 0 Å². The summed E-state index contributed by atoms with van der Waals surface area (Å²) in [4.78, 5) is 16.3. The lowest BCUT2D eigenvalue weighted by Gasteiger charge is -2.22. The molecule has 0 bridgehead atoms. The molecule has 1 N–H and O–H groups in total. The summed E-state index contributed by atoms with van der Waals surface area (Å²) in [6.07, 6.45) is 6.33. The molecule has 0 aliphatic carbocycles. The summed E-state index contributed by atoms with van der Waals surface area (Å²) < 4.78 is 28.0. The second-order valence-electron chi connectivity index (χ2n) is 6.16. The van der Waals surface area contributed by atoms with E-state index in [-0.39, 0.29) is 12.5 Å². The van der Waals surface area contributed by atoms with Crippen LogP contribution < -0.4 is 9.62 Å². The molecule has 1 amide bonds. The Bertz CT molecular complexity index is 1030. The van der Waals surface area contributed by atoms with Crippen molar-refractivity contribution in [2.24, 2.45) is 0 Å². The van der Waals surface area contributed by atoms with Crippen molar-refractivity contribution >= 4 is 37.5 Å². The molecular weight excluding hydrogens is 444 g/mol. The minimum Gasteiger partial charge on any atom is -0.350 e. The first-order valence-corrected chi connectivity index (χ1v) is 11.0. The summed E-state index contributed by atoms with van der Waals surface area (Å²) >= 11 is 3.31. The number of imidazole rings is 1. The van der Waals surface area contributed by atoms with Gasteiger partial charge in [-0.1, -0.05) is 28.1 Å². The van der Waals surface area contributed by atoms with Gasteiger partial charge in [0.15, 0.2) is 0 Å². The average molecular weight is 463 g/mol. The maximum atomic E-state index is 12.3. The summed E-state index contributed by atoms with van der Waals surface area (Å²) in [6.45, 7) is 0.0224. The molecule has 0 fully saturated rings. The zero-order valence-electron chi connectivity index (χ0n) is 15.1. The van der Waals surface area contributed by atoms with E-state index in [9.17, 15) is 13.2 Å². The number of nitrogens with one attached hydrogen (secondary N) is 1. The van der Waals surface area contributed by atoms with Crippen molar-refractivity contribution in [2.45, 2.75) is 6.54 Å². The van der Waals surface area contributed by atoms with Crippen LogP contribution in [0.4, 0.5) is 5.69 Å². The molecule has 0 aliphatic heterocycles. The highest BCUT2D eigenvalue weighted by Crippen LogP contribution is 2.20. The van der Waals surface area contributed by atoms with E-state index in [0.717, 1.165) is 26.3 Å². The number of sulfonamides is 1. The predicted octanol–water partition coefficient (Wildman–Crippen LogP) is 2.72. The van der Waals surface area contributed by atoms with Gasteiger partial charge in [-0.3, -0.25) is 9.10 Å². The van der Waals surface area contributed by atoms with Gasteiger partial charge in [-0.05, 0) is 42.0 Å². The summed E-state index contributed by atoms with van der Waals surface area (Å²) in [6, 6.07) is 14.4. The van der Waals surface area contributed by atoms with Crippen molar-refractivity contribution < 1.29 is 13.2 Å². The maximum Gasteiger partial charge on any atom is 0.241 e. The van der Waals surface area contributed by atoms with Gasteiger partial charge in [0.05, 0.1) is 18.3 Å². The Hall–Kier alpha value is -2.65. The lowest BCUT2D eigenvalue weighted by molar-refractivity contribution is -0.119. The monoisotopic (exact) mass is 462 g/mol. The number of halogens is 1. The van der Waals surface area contributed by atoms with Gasteiger partial charge in [0.25, 0.3) is 0 Å². The van der Waals surface area contributed by atoms with Crippen LogP contribution in [0.1, 0.15) is 5.56 Å². The van der Waals surface area contributed by atoms with E-state index in [1.807, 2.05) is 35.0 Å². The number of anilines is 1. The van der Waals surface area contributed by atoms with Crippen LogP contribution in [0.5, 0.6) is 0 Å². The molecule has 7 nitrogen and oxygen atoms in total. The average Bonchev–Trinajstić information content (AvgIpc) is 3.20. The van der Waals surface area contributed by atoms with Crippen LogP contribution in [-0.2, 0) is 21.4 Å². The Morgan fingerprint density at radius 3 is 2.39 bits per heavy atom. The molecule has 3 aromatic rings. The Kier molecular flexibility index (Phi) is 6.15. The zero-order chi connectivity index (χ0) is 20.1. The summed E-state index contributed by atoms with van der Waals surface area (Å²) in [5.74, 6) is -0.382. The lowest BCUT2D eigenvalue weighted by Crippen LogP contribution is -2.40. The standard InChI is InChI=1S/C19H19BrN4O3S/c1-28(26,27)24(18-8-4-16(20)5-9-18)13-19(25)22-12-15-2-6-17(7-3-15)23-11-10-21-14-23/h2-11,14H,12-13H2,1H3,(H,22,25). The Balaban J connectivity index is 1.62. The van der Waals surface area contributed by atoms with E-state index in [0.29, 0.717) is 12.2 Å². The van der Waals surface area contributed by atoms with Crippen LogP contribution in [0, 0.1) is 0 Å². The van der Waals surface area contributed by atoms with E-state index >= 15 is 0 Å². The highest BCUT2D eigenvalue weighted by atomic mass is 79.9. The van der Waals surface area contributed by atoms with E-state index in [1.54, 1.807) is 36.8 Å². The largest absolute Gasteiger partial charge is 0.350 e. The highest BCUT2D eigenvalue weighted by molar-refractivity contribution is 9.10. The van der Waals surface area contributed by atoms with E-state index in [4.69, 9.17) is 0 Å². The van der Waals surface area contributed by atoms with Crippen molar-refractivity contribution in [3.8, 4) is 5.69 Å². The van der Waals surface area contributed by atoms with Crippen molar-refractivity contribution in [1.82, 2.24) is 14.9 Å². The van der Waals surface area contributed by atoms with E-state index < -0.39 is 10.0 Å². The number of carbonyl (C=O) groups is 1. The van der Waals surface area contributed by atoms with E-state index in [1.165, 1.54) is 0 Å². The van der Waals surface area contributed by atoms with Gasteiger partial charge in [0, 0.05) is 29.1 Å². The minimum atomic E-state index is -3.59. The summed E-state index contributed by atoms with van der Waals surface area (Å²) in [5.41, 5.74) is 2.31. The highest BCUT2D eigenvalue weighted by Gasteiger charge is 2.20. The number of rotatable bonds is 7. The molecule has 0 spiro atoms. The smallest absolute Gasteiger partial charge is 0.241 e. The molecule has 1 heterocycles. The predicted molar refractivity (Wildman–Crippen MR) is 112 cm³/mol. The fraction of sp³-hybridized carbons (Fsp3) is 0.158. The van der Waals surface area contributed by atoms with Crippen LogP contribution >= 0.6 is 15.9 Å². The molecule has 0 unspecified atom stereocenters. The molecule has 0 radical (unpaired) electrons. The van der Waals surface area contributed by atoms with Gasteiger partial charge in [-0.25, -0.2) is 13.4 Å². The molecule has 2 aromatic carbocycles.